The summed E-state index contributed by atoms with van der Waals surface area (Å²) in [5.41, 5.74) is 0.376. The fourth-order valence-corrected chi connectivity index (χ4v) is 3.82. The quantitative estimate of drug-likeness (QED) is 0.816. The number of pyridine rings is 1. The standard InChI is InChI=1S/C13H21N3O4S/c1-2-20-13-7-6-11(9-14-13)15-21(18,19)16-8-4-3-5-12(16)10-17/h6-7,9,12,15,17H,2-5,8,10H2,1H3. The first-order chi connectivity index (χ1) is 10.1. The van der Waals surface area contributed by atoms with Gasteiger partial charge in [0, 0.05) is 18.7 Å². The number of aliphatic hydroxyl groups is 1. The van der Waals surface area contributed by atoms with Crippen molar-refractivity contribution < 1.29 is 18.3 Å². The zero-order valence-electron chi connectivity index (χ0n) is 12.0. The molecule has 2 N–H and O–H groups in total. The highest BCUT2D eigenvalue weighted by atomic mass is 32.2. The summed E-state index contributed by atoms with van der Waals surface area (Å²) in [4.78, 5) is 4.02. The van der Waals surface area contributed by atoms with Crippen LogP contribution in [0.25, 0.3) is 0 Å². The molecule has 8 heteroatoms. The van der Waals surface area contributed by atoms with Crippen LogP contribution in [0.2, 0.25) is 0 Å². The molecule has 0 amide bonds. The number of hydrogen-bond acceptors (Lipinski definition) is 5. The predicted octanol–water partition coefficient (Wildman–Crippen LogP) is 0.984. The minimum Gasteiger partial charge on any atom is -0.478 e. The number of nitrogens with zero attached hydrogens (tertiary/aromatic N) is 2. The average molecular weight is 315 g/mol. The second-order valence-corrected chi connectivity index (χ2v) is 6.49. The Kier molecular flexibility index (Phi) is 5.38. The molecule has 21 heavy (non-hydrogen) atoms. The number of aliphatic hydroxyl groups excluding tert-OH is 1. The van der Waals surface area contributed by atoms with Crippen LogP contribution in [-0.2, 0) is 10.2 Å². The van der Waals surface area contributed by atoms with Crippen LogP contribution in [0.1, 0.15) is 26.2 Å². The van der Waals surface area contributed by atoms with Crippen LogP contribution in [0.15, 0.2) is 18.3 Å². The molecule has 0 radical (unpaired) electrons. The molecule has 1 atom stereocenters. The third-order valence-electron chi connectivity index (χ3n) is 3.37. The van der Waals surface area contributed by atoms with E-state index in [0.717, 1.165) is 12.8 Å². The average Bonchev–Trinajstić information content (AvgIpc) is 2.49. The maximum atomic E-state index is 12.4. The largest absolute Gasteiger partial charge is 0.478 e. The van der Waals surface area contributed by atoms with Crippen molar-refractivity contribution in [2.24, 2.45) is 0 Å². The Bertz CT molecular complexity index is 547. The van der Waals surface area contributed by atoms with Crippen molar-refractivity contribution in [2.75, 3.05) is 24.5 Å². The molecule has 1 aromatic rings. The van der Waals surface area contributed by atoms with Crippen molar-refractivity contribution in [3.05, 3.63) is 18.3 Å². The van der Waals surface area contributed by atoms with Crippen LogP contribution in [0, 0.1) is 0 Å². The fourth-order valence-electron chi connectivity index (χ4n) is 2.35. The maximum absolute atomic E-state index is 12.4. The van der Waals surface area contributed by atoms with Gasteiger partial charge in [0.25, 0.3) is 0 Å². The van der Waals surface area contributed by atoms with Crippen molar-refractivity contribution in [2.45, 2.75) is 32.2 Å². The molecule has 1 fully saturated rings. The summed E-state index contributed by atoms with van der Waals surface area (Å²) in [6.45, 7) is 2.61. The van der Waals surface area contributed by atoms with E-state index in [9.17, 15) is 13.5 Å². The number of hydrogen-bond donors (Lipinski definition) is 2. The number of rotatable bonds is 6. The lowest BCUT2D eigenvalue weighted by Crippen LogP contribution is -2.47. The lowest BCUT2D eigenvalue weighted by atomic mass is 10.1. The lowest BCUT2D eigenvalue weighted by molar-refractivity contribution is 0.156. The highest BCUT2D eigenvalue weighted by Gasteiger charge is 2.31. The second-order valence-electron chi connectivity index (χ2n) is 4.87. The van der Waals surface area contributed by atoms with Gasteiger partial charge in [-0.15, -0.1) is 0 Å². The van der Waals surface area contributed by atoms with E-state index in [-0.39, 0.29) is 12.6 Å². The highest BCUT2D eigenvalue weighted by molar-refractivity contribution is 7.90. The normalized spacial score (nSPS) is 20.2. The van der Waals surface area contributed by atoms with E-state index >= 15 is 0 Å². The van der Waals surface area contributed by atoms with Crippen LogP contribution in [-0.4, -0.2) is 48.6 Å². The molecule has 7 nitrogen and oxygen atoms in total. The van der Waals surface area contributed by atoms with Gasteiger partial charge in [-0.2, -0.15) is 12.7 Å². The van der Waals surface area contributed by atoms with E-state index in [1.807, 2.05) is 6.92 Å². The molecular formula is C13H21N3O4S. The molecule has 0 bridgehead atoms. The van der Waals surface area contributed by atoms with Gasteiger partial charge in [0.2, 0.25) is 5.88 Å². The van der Waals surface area contributed by atoms with Crippen LogP contribution in [0.4, 0.5) is 5.69 Å². The highest BCUT2D eigenvalue weighted by Crippen LogP contribution is 2.22. The van der Waals surface area contributed by atoms with Crippen molar-refractivity contribution in [1.29, 1.82) is 0 Å². The summed E-state index contributed by atoms with van der Waals surface area (Å²) in [5, 5.41) is 9.32. The van der Waals surface area contributed by atoms with Crippen molar-refractivity contribution in [3.63, 3.8) is 0 Å². The van der Waals surface area contributed by atoms with Crippen LogP contribution in [0.3, 0.4) is 0 Å². The molecule has 0 aromatic carbocycles. The van der Waals surface area contributed by atoms with E-state index in [1.165, 1.54) is 10.5 Å². The number of aromatic nitrogens is 1. The van der Waals surface area contributed by atoms with Gasteiger partial charge in [0.1, 0.15) is 0 Å². The van der Waals surface area contributed by atoms with Gasteiger partial charge in [-0.05, 0) is 25.8 Å². The van der Waals surface area contributed by atoms with E-state index in [2.05, 4.69) is 9.71 Å². The van der Waals surface area contributed by atoms with Gasteiger partial charge in [0.05, 0.1) is 25.1 Å². The van der Waals surface area contributed by atoms with Crippen LogP contribution in [0.5, 0.6) is 5.88 Å². The zero-order chi connectivity index (χ0) is 15.3. The first-order valence-corrected chi connectivity index (χ1v) is 8.50. The molecule has 2 heterocycles. The van der Waals surface area contributed by atoms with Crippen molar-refractivity contribution in [3.8, 4) is 5.88 Å². The van der Waals surface area contributed by atoms with Gasteiger partial charge in [-0.1, -0.05) is 6.42 Å². The molecule has 1 unspecified atom stereocenters. The number of anilines is 1. The summed E-state index contributed by atoms with van der Waals surface area (Å²) in [6, 6.07) is 2.86. The van der Waals surface area contributed by atoms with Crippen molar-refractivity contribution >= 4 is 15.9 Å². The monoisotopic (exact) mass is 315 g/mol. The van der Waals surface area contributed by atoms with E-state index in [4.69, 9.17) is 4.74 Å². The maximum Gasteiger partial charge on any atom is 0.302 e. The number of piperidine rings is 1. The lowest BCUT2D eigenvalue weighted by Gasteiger charge is -2.33. The van der Waals surface area contributed by atoms with Gasteiger partial charge in [-0.25, -0.2) is 4.98 Å². The Labute approximate surface area is 125 Å². The molecule has 1 saturated heterocycles. The summed E-state index contributed by atoms with van der Waals surface area (Å²) in [5.74, 6) is 0.451. The Morgan fingerprint density at radius 1 is 1.48 bits per heavy atom. The van der Waals surface area contributed by atoms with Gasteiger partial charge in [-0.3, -0.25) is 4.72 Å². The van der Waals surface area contributed by atoms with E-state index in [0.29, 0.717) is 31.1 Å². The third kappa shape index (κ3) is 4.05. The van der Waals surface area contributed by atoms with Gasteiger partial charge >= 0.3 is 10.2 Å². The molecule has 1 aliphatic rings. The summed E-state index contributed by atoms with van der Waals surface area (Å²) in [7, 11) is -3.68. The molecule has 0 aliphatic carbocycles. The zero-order valence-corrected chi connectivity index (χ0v) is 12.8. The summed E-state index contributed by atoms with van der Waals surface area (Å²) >= 11 is 0. The SMILES string of the molecule is CCOc1ccc(NS(=O)(=O)N2CCCCC2CO)cn1. The Morgan fingerprint density at radius 2 is 2.29 bits per heavy atom. The topological polar surface area (TPSA) is 91.8 Å². The molecule has 0 saturated carbocycles. The Balaban J connectivity index is 2.09. The third-order valence-corrected chi connectivity index (χ3v) is 4.96. The summed E-state index contributed by atoms with van der Waals surface area (Å²) < 4.78 is 33.8. The minimum atomic E-state index is -3.68. The smallest absolute Gasteiger partial charge is 0.302 e. The van der Waals surface area contributed by atoms with Gasteiger partial charge < -0.3 is 9.84 Å². The van der Waals surface area contributed by atoms with E-state index in [1.54, 1.807) is 12.1 Å². The molecule has 1 aliphatic heterocycles. The summed E-state index contributed by atoms with van der Waals surface area (Å²) in [6.07, 6.45) is 3.83. The van der Waals surface area contributed by atoms with Crippen LogP contribution < -0.4 is 9.46 Å². The molecular weight excluding hydrogens is 294 g/mol. The molecule has 1 aromatic heterocycles. The van der Waals surface area contributed by atoms with E-state index < -0.39 is 10.2 Å². The molecule has 0 spiro atoms. The molecule has 2 rings (SSSR count). The minimum absolute atomic E-state index is 0.164. The first kappa shape index (κ1) is 16.0. The predicted molar refractivity (Wildman–Crippen MR) is 79.4 cm³/mol. The van der Waals surface area contributed by atoms with Crippen LogP contribution >= 0.6 is 0 Å². The number of ether oxygens (including phenoxy) is 1. The van der Waals surface area contributed by atoms with Crippen molar-refractivity contribution in [1.82, 2.24) is 9.29 Å². The Hall–Kier alpha value is -1.38. The first-order valence-electron chi connectivity index (χ1n) is 7.06. The Morgan fingerprint density at radius 3 is 2.90 bits per heavy atom. The second kappa shape index (κ2) is 7.06. The fraction of sp³-hybridized carbons (Fsp3) is 0.615. The van der Waals surface area contributed by atoms with Gasteiger partial charge in [0.15, 0.2) is 0 Å². The number of nitrogens with one attached hydrogen (secondary N) is 1. The molecule has 118 valence electrons.